The van der Waals surface area contributed by atoms with E-state index in [1.54, 1.807) is 7.05 Å². The van der Waals surface area contributed by atoms with Gasteiger partial charge >= 0.3 is 30.3 Å². The second kappa shape index (κ2) is 24.4. The number of alkyl halides is 6. The first-order valence-electron chi connectivity index (χ1n) is 7.92. The predicted octanol–water partition coefficient (Wildman–Crippen LogP) is -1.38. The lowest BCUT2D eigenvalue weighted by atomic mass is 10.2. The number of rotatable bonds is 7. The number of aliphatic carboxylic acids is 3. The Balaban J connectivity index is -0.000000108. The van der Waals surface area contributed by atoms with Crippen LogP contribution < -0.4 is 22.5 Å². The van der Waals surface area contributed by atoms with Gasteiger partial charge in [0.15, 0.2) is 5.96 Å². The second-order valence-electron chi connectivity index (χ2n) is 4.85. The van der Waals surface area contributed by atoms with Gasteiger partial charge in [0.1, 0.15) is 6.29 Å². The van der Waals surface area contributed by atoms with Gasteiger partial charge in [0, 0.05) is 6.54 Å². The summed E-state index contributed by atoms with van der Waals surface area (Å²) in [5, 5.41) is 24.6. The molecular formula is C13H24F6N5O9S-. The molecule has 0 spiro atoms. The van der Waals surface area contributed by atoms with Gasteiger partial charge in [-0.1, -0.05) is 11.6 Å². The number of carboxylic acid groups (broad SMARTS) is 3. The Labute approximate surface area is 190 Å². The number of hydrogen-bond donors (Lipinski definition) is 7. The van der Waals surface area contributed by atoms with E-state index in [0.29, 0.717) is 13.0 Å². The first-order chi connectivity index (χ1) is 15.2. The van der Waals surface area contributed by atoms with Crippen LogP contribution in [0.5, 0.6) is 0 Å². The summed E-state index contributed by atoms with van der Waals surface area (Å²) in [6, 6.07) is -0.385. The zero-order chi connectivity index (χ0) is 28.5. The number of aliphatic imine (C=N–C) groups is 1. The highest BCUT2D eigenvalue weighted by Crippen LogP contribution is 2.13. The van der Waals surface area contributed by atoms with Crippen molar-refractivity contribution in [2.24, 2.45) is 22.2 Å². The molecule has 0 aliphatic carbocycles. The van der Waals surface area contributed by atoms with E-state index in [4.69, 9.17) is 50.5 Å². The minimum Gasteiger partial charge on any atom is -0.480 e. The standard InChI is InChI=1S/C6H14N4O.C3H7NO2.2C2HF3O2.HO2S/c7-5(4-11)2-1-3-10-6(8)9;1-4-2-3(5)6;2*3-2(4,5)1(6)7;1-3-2/h4-5H,1-3,7H2,(H4,8,9,10);4H,2H2,1H3,(H,5,6);2*(H,6,7);3H/q;;;;-1/t5-;;;;/m0..../s1. The number of hydrogen-bond acceptors (Lipinski definition) is 10. The molecule has 0 radical (unpaired) electrons. The van der Waals surface area contributed by atoms with Crippen molar-refractivity contribution in [1.82, 2.24) is 5.32 Å². The third-order valence-corrected chi connectivity index (χ3v) is 1.98. The van der Waals surface area contributed by atoms with Crippen LogP contribution in [-0.4, -0.2) is 84.0 Å². The lowest BCUT2D eigenvalue weighted by Crippen LogP contribution is -2.24. The average Bonchev–Trinajstić information content (AvgIpc) is 2.65. The summed E-state index contributed by atoms with van der Waals surface area (Å²) >= 11 is -1.08. The second-order valence-corrected chi connectivity index (χ2v) is 5.00. The number of likely N-dealkylation sites (N-methyl/N-ethyl adjacent to an activating group) is 1. The maximum Gasteiger partial charge on any atom is 0.490 e. The highest BCUT2D eigenvalue weighted by molar-refractivity contribution is 7.51. The number of nitrogens with one attached hydrogen (secondary N) is 1. The molecule has 0 amide bonds. The fraction of sp³-hybridized carbons (Fsp3) is 0.615. The third kappa shape index (κ3) is 51.4. The Bertz CT molecular complexity index is 628. The summed E-state index contributed by atoms with van der Waals surface area (Å²) in [6.07, 6.45) is -8.09. The number of nitrogens with two attached hydrogens (primary N) is 3. The molecule has 1 atom stereocenters. The van der Waals surface area contributed by atoms with Gasteiger partial charge in [0.05, 0.1) is 12.6 Å². The number of aldehydes is 1. The zero-order valence-electron chi connectivity index (χ0n) is 17.2. The van der Waals surface area contributed by atoms with Crippen molar-refractivity contribution in [1.29, 1.82) is 0 Å². The van der Waals surface area contributed by atoms with E-state index in [1.807, 2.05) is 0 Å². The lowest BCUT2D eigenvalue weighted by molar-refractivity contribution is -0.193. The van der Waals surface area contributed by atoms with E-state index in [2.05, 4.69) is 10.3 Å². The maximum atomic E-state index is 10.6. The van der Waals surface area contributed by atoms with Gasteiger partial charge in [-0.25, -0.2) is 9.59 Å². The fourth-order valence-corrected chi connectivity index (χ4v) is 0.754. The molecule has 0 unspecified atom stereocenters. The third-order valence-electron chi connectivity index (χ3n) is 1.98. The van der Waals surface area contributed by atoms with E-state index < -0.39 is 41.8 Å². The van der Waals surface area contributed by atoms with E-state index in [-0.39, 0.29) is 18.5 Å². The van der Waals surface area contributed by atoms with Gasteiger partial charge in [-0.3, -0.25) is 9.79 Å². The van der Waals surface area contributed by atoms with Crippen molar-refractivity contribution in [2.75, 3.05) is 20.1 Å². The van der Waals surface area contributed by atoms with Crippen LogP contribution in [0.1, 0.15) is 12.8 Å². The maximum absolute atomic E-state index is 10.6. The van der Waals surface area contributed by atoms with Crippen LogP contribution in [0.2, 0.25) is 0 Å². The van der Waals surface area contributed by atoms with Gasteiger partial charge in [-0.05, 0) is 19.9 Å². The van der Waals surface area contributed by atoms with Crippen LogP contribution in [0.15, 0.2) is 4.99 Å². The summed E-state index contributed by atoms with van der Waals surface area (Å²) in [6.45, 7) is 0.573. The molecule has 0 rings (SSSR count). The molecule has 0 aromatic rings. The molecule has 0 saturated carbocycles. The normalized spacial score (nSPS) is 10.5. The molecule has 0 bridgehead atoms. The minimum absolute atomic E-state index is 0.0417. The average molecular weight is 540 g/mol. The van der Waals surface area contributed by atoms with Crippen LogP contribution in [0.3, 0.4) is 0 Å². The minimum atomic E-state index is -5.08. The number of carbonyl (C=O) groups excluding carboxylic acids is 1. The van der Waals surface area contributed by atoms with Crippen molar-refractivity contribution < 1.29 is 69.3 Å². The molecule has 0 aliphatic heterocycles. The Hall–Kier alpha value is -3.20. The molecule has 0 aliphatic rings. The molecule has 0 fully saturated rings. The first-order valence-corrected chi connectivity index (χ1v) is 8.65. The highest BCUT2D eigenvalue weighted by Gasteiger charge is 2.38. The lowest BCUT2D eigenvalue weighted by Gasteiger charge is -2.00. The Morgan fingerprint density at radius 3 is 1.47 bits per heavy atom. The van der Waals surface area contributed by atoms with Gasteiger partial charge < -0.3 is 51.0 Å². The fourth-order valence-electron chi connectivity index (χ4n) is 0.754. The van der Waals surface area contributed by atoms with Gasteiger partial charge in [0.25, 0.3) is 0 Å². The number of carboxylic acids is 3. The molecule has 0 saturated heterocycles. The van der Waals surface area contributed by atoms with Crippen LogP contribution in [0.25, 0.3) is 0 Å². The monoisotopic (exact) mass is 540 g/mol. The van der Waals surface area contributed by atoms with Crippen molar-refractivity contribution in [2.45, 2.75) is 31.2 Å². The highest BCUT2D eigenvalue weighted by atomic mass is 32.1. The van der Waals surface area contributed by atoms with E-state index in [1.165, 1.54) is 0 Å². The molecule has 21 heteroatoms. The van der Waals surface area contributed by atoms with Crippen molar-refractivity contribution >= 4 is 41.7 Å². The van der Waals surface area contributed by atoms with Gasteiger partial charge in [-0.2, -0.15) is 26.3 Å². The first kappa shape index (κ1) is 41.1. The van der Waals surface area contributed by atoms with Crippen molar-refractivity contribution in [3.05, 3.63) is 0 Å². The quantitative estimate of drug-likeness (QED) is 0.0373. The van der Waals surface area contributed by atoms with Crippen LogP contribution in [0, 0.1) is 0 Å². The number of nitrogens with zero attached hydrogens (tertiary/aromatic N) is 1. The van der Waals surface area contributed by atoms with Crippen LogP contribution >= 0.6 is 0 Å². The van der Waals surface area contributed by atoms with E-state index in [9.17, 15) is 35.9 Å². The molecule has 0 aromatic carbocycles. The Morgan fingerprint density at radius 2 is 1.32 bits per heavy atom. The molecule has 0 heterocycles. The Morgan fingerprint density at radius 1 is 1.00 bits per heavy atom. The summed E-state index contributed by atoms with van der Waals surface area (Å²) < 4.78 is 80.2. The summed E-state index contributed by atoms with van der Waals surface area (Å²) in [4.78, 5) is 41.1. The van der Waals surface area contributed by atoms with E-state index in [0.717, 1.165) is 12.7 Å². The van der Waals surface area contributed by atoms with E-state index >= 15 is 0 Å². The molecular weight excluding hydrogens is 516 g/mol. The Kier molecular flexibility index (Phi) is 29.5. The largest absolute Gasteiger partial charge is 0.490 e. The number of guanidine groups is 1. The predicted molar refractivity (Wildman–Crippen MR) is 103 cm³/mol. The number of halogens is 6. The number of thiol groups is 1. The zero-order valence-corrected chi connectivity index (χ0v) is 18.1. The van der Waals surface area contributed by atoms with Crippen LogP contribution in [0.4, 0.5) is 26.3 Å². The van der Waals surface area contributed by atoms with Crippen LogP contribution in [-0.2, 0) is 39.2 Å². The van der Waals surface area contributed by atoms with Gasteiger partial charge in [0.2, 0.25) is 0 Å². The van der Waals surface area contributed by atoms with Crippen molar-refractivity contribution in [3.8, 4) is 0 Å². The molecule has 204 valence electrons. The molecule has 14 nitrogen and oxygen atoms in total. The SMILES string of the molecule is CNCC(=O)O.NC(N)=NCCC[C@H](N)C=O.O=C(O)C(F)(F)F.O=C(O)C(F)(F)F.O=[SH-]=O. The molecule has 10 N–H and O–H groups in total. The topological polar surface area (TPSA) is 266 Å². The van der Waals surface area contributed by atoms with Gasteiger partial charge in [-0.15, -0.1) is 0 Å². The molecule has 34 heavy (non-hydrogen) atoms. The molecule has 0 aromatic heterocycles. The van der Waals surface area contributed by atoms with Crippen molar-refractivity contribution in [3.63, 3.8) is 0 Å². The number of carbonyl (C=O) groups is 4. The summed E-state index contributed by atoms with van der Waals surface area (Å²) in [5.74, 6) is -6.26. The summed E-state index contributed by atoms with van der Waals surface area (Å²) in [7, 11) is 1.59. The smallest absolute Gasteiger partial charge is 0.480 e. The summed E-state index contributed by atoms with van der Waals surface area (Å²) in [5.41, 5.74) is 15.4.